The Morgan fingerprint density at radius 1 is 1.62 bits per heavy atom. The molecular weight excluding hydrogens is 204 g/mol. The lowest BCUT2D eigenvalue weighted by molar-refractivity contribution is -0.129. The van der Waals surface area contributed by atoms with Crippen LogP contribution in [-0.2, 0) is 11.3 Å². The van der Waals surface area contributed by atoms with Gasteiger partial charge in [0.2, 0.25) is 5.91 Å². The topological polar surface area (TPSA) is 45.5 Å². The van der Waals surface area contributed by atoms with Crippen molar-refractivity contribution in [2.75, 3.05) is 20.1 Å². The summed E-state index contributed by atoms with van der Waals surface area (Å²) in [6, 6.07) is 1.88. The van der Waals surface area contributed by atoms with Crippen LogP contribution in [0.3, 0.4) is 0 Å². The predicted octanol–water partition coefficient (Wildman–Crippen LogP) is 1.24. The predicted molar refractivity (Wildman–Crippen MR) is 60.8 cm³/mol. The molecule has 1 saturated carbocycles. The van der Waals surface area contributed by atoms with E-state index in [0.29, 0.717) is 13.1 Å². The highest BCUT2D eigenvalue weighted by Crippen LogP contribution is 2.27. The molecule has 16 heavy (non-hydrogen) atoms. The molecule has 0 aliphatic heterocycles. The number of carbonyl (C=O) groups is 1. The van der Waals surface area contributed by atoms with Crippen LogP contribution in [0.4, 0.5) is 0 Å². The molecule has 0 bridgehead atoms. The molecule has 0 saturated heterocycles. The van der Waals surface area contributed by atoms with E-state index >= 15 is 0 Å². The number of amides is 1. The van der Waals surface area contributed by atoms with Crippen LogP contribution in [0, 0.1) is 5.92 Å². The molecule has 2 rings (SSSR count). The maximum absolute atomic E-state index is 11.7. The molecule has 88 valence electrons. The molecule has 1 aliphatic rings. The van der Waals surface area contributed by atoms with E-state index in [1.807, 2.05) is 13.1 Å². The summed E-state index contributed by atoms with van der Waals surface area (Å²) in [7, 11) is 1.81. The van der Waals surface area contributed by atoms with E-state index in [9.17, 15) is 4.79 Å². The molecule has 1 N–H and O–H groups in total. The first-order valence-electron chi connectivity index (χ1n) is 5.71. The summed E-state index contributed by atoms with van der Waals surface area (Å²) in [5, 5.41) is 3.19. The second-order valence-electron chi connectivity index (χ2n) is 4.46. The molecular formula is C12H18N2O2. The minimum Gasteiger partial charge on any atom is -0.472 e. The van der Waals surface area contributed by atoms with Gasteiger partial charge in [-0.05, 0) is 31.4 Å². The molecule has 1 aliphatic carbocycles. The minimum atomic E-state index is 0.127. The number of nitrogens with zero attached hydrogens (tertiary/aromatic N) is 1. The molecule has 1 heterocycles. The largest absolute Gasteiger partial charge is 0.472 e. The molecule has 0 unspecified atom stereocenters. The van der Waals surface area contributed by atoms with E-state index in [0.717, 1.165) is 18.0 Å². The first kappa shape index (κ1) is 11.2. The van der Waals surface area contributed by atoms with Gasteiger partial charge in [0.05, 0.1) is 19.1 Å². The van der Waals surface area contributed by atoms with Gasteiger partial charge in [0.1, 0.15) is 0 Å². The number of rotatable bonds is 6. The van der Waals surface area contributed by atoms with E-state index < -0.39 is 0 Å². The number of hydrogen-bond donors (Lipinski definition) is 1. The molecule has 1 fully saturated rings. The molecule has 1 aromatic heterocycles. The Kier molecular flexibility index (Phi) is 3.62. The van der Waals surface area contributed by atoms with Crippen LogP contribution in [-0.4, -0.2) is 30.9 Å². The van der Waals surface area contributed by atoms with Crippen molar-refractivity contribution in [3.05, 3.63) is 24.2 Å². The fourth-order valence-electron chi connectivity index (χ4n) is 1.58. The molecule has 0 radical (unpaired) electrons. The highest BCUT2D eigenvalue weighted by Gasteiger charge is 2.21. The minimum absolute atomic E-state index is 0.127. The first-order chi connectivity index (χ1) is 7.75. The van der Waals surface area contributed by atoms with Gasteiger partial charge in [0.25, 0.3) is 0 Å². The zero-order chi connectivity index (χ0) is 11.4. The van der Waals surface area contributed by atoms with Crippen LogP contribution in [0.2, 0.25) is 0 Å². The summed E-state index contributed by atoms with van der Waals surface area (Å²) in [6.45, 7) is 2.02. The Labute approximate surface area is 95.6 Å². The Balaban J connectivity index is 1.66. The molecule has 0 spiro atoms. The quantitative estimate of drug-likeness (QED) is 0.787. The average molecular weight is 222 g/mol. The van der Waals surface area contributed by atoms with Gasteiger partial charge in [0.15, 0.2) is 0 Å². The first-order valence-corrected chi connectivity index (χ1v) is 5.71. The summed E-state index contributed by atoms with van der Waals surface area (Å²) in [4.78, 5) is 13.4. The average Bonchev–Trinajstić information content (AvgIpc) is 2.95. The SMILES string of the molecule is CN(Cc1ccoc1)C(=O)CNCC1CC1. The Hall–Kier alpha value is -1.29. The Bertz CT molecular complexity index is 331. The van der Waals surface area contributed by atoms with Crippen molar-refractivity contribution in [3.8, 4) is 0 Å². The lowest BCUT2D eigenvalue weighted by Gasteiger charge is -2.16. The van der Waals surface area contributed by atoms with Crippen molar-refractivity contribution in [2.24, 2.45) is 5.92 Å². The molecule has 0 aromatic carbocycles. The maximum Gasteiger partial charge on any atom is 0.236 e. The van der Waals surface area contributed by atoms with E-state index in [1.165, 1.54) is 12.8 Å². The molecule has 4 nitrogen and oxygen atoms in total. The van der Waals surface area contributed by atoms with Crippen molar-refractivity contribution >= 4 is 5.91 Å². The molecule has 4 heteroatoms. The smallest absolute Gasteiger partial charge is 0.236 e. The molecule has 1 aromatic rings. The van der Waals surface area contributed by atoms with E-state index in [-0.39, 0.29) is 5.91 Å². The highest BCUT2D eigenvalue weighted by molar-refractivity contribution is 5.77. The number of likely N-dealkylation sites (N-methyl/N-ethyl adjacent to an activating group) is 1. The van der Waals surface area contributed by atoms with Crippen LogP contribution in [0.25, 0.3) is 0 Å². The van der Waals surface area contributed by atoms with Crippen LogP contribution >= 0.6 is 0 Å². The zero-order valence-electron chi connectivity index (χ0n) is 9.61. The summed E-state index contributed by atoms with van der Waals surface area (Å²) in [6.07, 6.45) is 5.92. The lowest BCUT2D eigenvalue weighted by atomic mass is 10.3. The van der Waals surface area contributed by atoms with Crippen molar-refractivity contribution < 1.29 is 9.21 Å². The monoisotopic (exact) mass is 222 g/mol. The maximum atomic E-state index is 11.7. The van der Waals surface area contributed by atoms with Gasteiger partial charge in [-0.1, -0.05) is 0 Å². The third kappa shape index (κ3) is 3.38. The van der Waals surface area contributed by atoms with Crippen LogP contribution in [0.5, 0.6) is 0 Å². The van der Waals surface area contributed by atoms with Crippen molar-refractivity contribution in [2.45, 2.75) is 19.4 Å². The van der Waals surface area contributed by atoms with Gasteiger partial charge in [-0.15, -0.1) is 0 Å². The third-order valence-electron chi connectivity index (χ3n) is 2.83. The summed E-state index contributed by atoms with van der Waals surface area (Å²) < 4.78 is 4.96. The van der Waals surface area contributed by atoms with Gasteiger partial charge in [-0.25, -0.2) is 0 Å². The second kappa shape index (κ2) is 5.16. The lowest BCUT2D eigenvalue weighted by Crippen LogP contribution is -2.35. The Morgan fingerprint density at radius 3 is 3.06 bits per heavy atom. The number of carbonyl (C=O) groups excluding carboxylic acids is 1. The number of nitrogens with one attached hydrogen (secondary N) is 1. The van der Waals surface area contributed by atoms with Gasteiger partial charge >= 0.3 is 0 Å². The second-order valence-corrected chi connectivity index (χ2v) is 4.46. The summed E-state index contributed by atoms with van der Waals surface area (Å²) >= 11 is 0. The van der Waals surface area contributed by atoms with Gasteiger partial charge in [0, 0.05) is 19.2 Å². The standard InChI is InChI=1S/C12H18N2O2/c1-14(8-11-4-5-16-9-11)12(15)7-13-6-10-2-3-10/h4-5,9-10,13H,2-3,6-8H2,1H3. The van der Waals surface area contributed by atoms with E-state index in [4.69, 9.17) is 4.42 Å². The molecule has 1 amide bonds. The van der Waals surface area contributed by atoms with E-state index in [1.54, 1.807) is 17.4 Å². The Morgan fingerprint density at radius 2 is 2.44 bits per heavy atom. The molecule has 0 atom stereocenters. The highest BCUT2D eigenvalue weighted by atomic mass is 16.3. The van der Waals surface area contributed by atoms with Gasteiger partial charge in [-0.3, -0.25) is 4.79 Å². The van der Waals surface area contributed by atoms with Gasteiger partial charge < -0.3 is 14.6 Å². The van der Waals surface area contributed by atoms with Crippen LogP contribution in [0.15, 0.2) is 23.0 Å². The normalized spacial score (nSPS) is 15.1. The van der Waals surface area contributed by atoms with Gasteiger partial charge in [-0.2, -0.15) is 0 Å². The fraction of sp³-hybridized carbons (Fsp3) is 0.583. The number of hydrogen-bond acceptors (Lipinski definition) is 3. The summed E-state index contributed by atoms with van der Waals surface area (Å²) in [5.41, 5.74) is 1.03. The fourth-order valence-corrected chi connectivity index (χ4v) is 1.58. The van der Waals surface area contributed by atoms with Crippen molar-refractivity contribution in [1.29, 1.82) is 0 Å². The van der Waals surface area contributed by atoms with Crippen molar-refractivity contribution in [1.82, 2.24) is 10.2 Å². The summed E-state index contributed by atoms with van der Waals surface area (Å²) in [5.74, 6) is 0.939. The van der Waals surface area contributed by atoms with Crippen LogP contribution in [0.1, 0.15) is 18.4 Å². The number of furan rings is 1. The van der Waals surface area contributed by atoms with Crippen molar-refractivity contribution in [3.63, 3.8) is 0 Å². The van der Waals surface area contributed by atoms with E-state index in [2.05, 4.69) is 5.32 Å². The van der Waals surface area contributed by atoms with Crippen LogP contribution < -0.4 is 5.32 Å². The third-order valence-corrected chi connectivity index (χ3v) is 2.83. The zero-order valence-corrected chi connectivity index (χ0v) is 9.61.